The Morgan fingerprint density at radius 2 is 2.22 bits per heavy atom. The Hall–Kier alpha value is -2.10. The van der Waals surface area contributed by atoms with Gasteiger partial charge in [-0.25, -0.2) is 5.26 Å². The van der Waals surface area contributed by atoms with Crippen molar-refractivity contribution in [2.75, 3.05) is 0 Å². The van der Waals surface area contributed by atoms with E-state index in [0.717, 1.165) is 25.5 Å². The molecular formula is C11H12BN3O3. The highest BCUT2D eigenvalue weighted by molar-refractivity contribution is 6.67. The molecule has 0 atom stereocenters. The van der Waals surface area contributed by atoms with Gasteiger partial charge in [-0.05, 0) is 28.8 Å². The zero-order valence-electron chi connectivity index (χ0n) is 9.78. The summed E-state index contributed by atoms with van der Waals surface area (Å²) in [5, 5.41) is 19.2. The van der Waals surface area contributed by atoms with Crippen LogP contribution in [0.15, 0.2) is 18.3 Å². The van der Waals surface area contributed by atoms with Gasteiger partial charge in [-0.1, -0.05) is 12.6 Å². The van der Waals surface area contributed by atoms with E-state index in [1.165, 1.54) is 12.3 Å². The van der Waals surface area contributed by atoms with E-state index in [4.69, 9.17) is 10.00 Å². The Bertz CT molecular complexity index is 463. The molecule has 1 aromatic rings. The Morgan fingerprint density at radius 1 is 1.50 bits per heavy atom. The van der Waals surface area contributed by atoms with E-state index in [9.17, 15) is 10.1 Å². The van der Waals surface area contributed by atoms with Gasteiger partial charge < -0.3 is 14.9 Å². The molecule has 1 fully saturated rings. The van der Waals surface area contributed by atoms with Crippen molar-refractivity contribution in [3.63, 3.8) is 0 Å². The van der Waals surface area contributed by atoms with Crippen LogP contribution < -0.4 is 4.74 Å². The fourth-order valence-electron chi connectivity index (χ4n) is 2.05. The fourth-order valence-corrected chi connectivity index (χ4v) is 2.05. The number of aromatic nitrogens is 1. The number of hydrogen-bond donors (Lipinski definition) is 0. The lowest BCUT2D eigenvalue weighted by Gasteiger charge is -2.23. The molecule has 1 aromatic heterocycles. The van der Waals surface area contributed by atoms with Gasteiger partial charge >= 0.3 is 5.82 Å². The second-order valence-corrected chi connectivity index (χ2v) is 4.33. The summed E-state index contributed by atoms with van der Waals surface area (Å²) >= 11 is 0. The highest BCUT2D eigenvalue weighted by Gasteiger charge is 2.25. The SMILES string of the molecule is N#CB1CCC(Oc2ccc([N+](=O)[O-])nc2)CC1. The van der Waals surface area contributed by atoms with Crippen LogP contribution in [0.1, 0.15) is 12.8 Å². The number of nitriles is 1. The van der Waals surface area contributed by atoms with Crippen LogP contribution in [0.2, 0.25) is 12.6 Å². The first-order valence-corrected chi connectivity index (χ1v) is 5.86. The van der Waals surface area contributed by atoms with Gasteiger partial charge in [0.25, 0.3) is 6.71 Å². The average Bonchev–Trinajstić information content (AvgIpc) is 2.40. The number of hydrogen-bond acceptors (Lipinski definition) is 5. The molecule has 0 bridgehead atoms. The molecule has 0 radical (unpaired) electrons. The molecule has 0 aromatic carbocycles. The van der Waals surface area contributed by atoms with Crippen molar-refractivity contribution in [1.29, 1.82) is 5.26 Å². The third-order valence-corrected chi connectivity index (χ3v) is 3.07. The highest BCUT2D eigenvalue weighted by Crippen LogP contribution is 2.24. The minimum atomic E-state index is -0.540. The van der Waals surface area contributed by atoms with E-state index in [2.05, 4.69) is 11.0 Å². The predicted octanol–water partition coefficient (Wildman–Crippen LogP) is 2.09. The zero-order valence-corrected chi connectivity index (χ0v) is 9.78. The Balaban J connectivity index is 1.90. The number of pyridine rings is 1. The maximum absolute atomic E-state index is 10.4. The van der Waals surface area contributed by atoms with Crippen molar-refractivity contribution in [1.82, 2.24) is 4.98 Å². The molecule has 0 N–H and O–H groups in total. The second-order valence-electron chi connectivity index (χ2n) is 4.33. The summed E-state index contributed by atoms with van der Waals surface area (Å²) in [4.78, 5) is 13.6. The molecule has 1 aliphatic heterocycles. The van der Waals surface area contributed by atoms with Crippen LogP contribution in [-0.2, 0) is 0 Å². The van der Waals surface area contributed by atoms with Gasteiger partial charge in [-0.2, -0.15) is 0 Å². The topological polar surface area (TPSA) is 89.0 Å². The van der Waals surface area contributed by atoms with Crippen molar-refractivity contribution in [3.8, 4) is 11.7 Å². The van der Waals surface area contributed by atoms with Crippen molar-refractivity contribution in [2.45, 2.75) is 31.6 Å². The largest absolute Gasteiger partial charge is 0.487 e. The number of nitrogens with zero attached hydrogens (tertiary/aromatic N) is 3. The standard InChI is InChI=1S/C11H12BN3O3/c13-8-12-5-3-9(4-6-12)18-10-1-2-11(14-7-10)15(16)17/h1-2,7,9H,3-6H2. The minimum Gasteiger partial charge on any atom is -0.487 e. The maximum atomic E-state index is 10.4. The summed E-state index contributed by atoms with van der Waals surface area (Å²) in [5.74, 6) is 2.62. The number of ether oxygens (including phenoxy) is 1. The molecule has 0 aliphatic carbocycles. The van der Waals surface area contributed by atoms with Crippen molar-refractivity contribution < 1.29 is 9.66 Å². The van der Waals surface area contributed by atoms with Gasteiger partial charge in [-0.15, -0.1) is 0 Å². The molecule has 2 heterocycles. The first kappa shape index (κ1) is 12.4. The summed E-state index contributed by atoms with van der Waals surface area (Å²) in [7, 11) is 0. The monoisotopic (exact) mass is 245 g/mol. The highest BCUT2D eigenvalue weighted by atomic mass is 16.6. The van der Waals surface area contributed by atoms with Crippen molar-refractivity contribution >= 4 is 12.5 Å². The molecule has 0 saturated carbocycles. The van der Waals surface area contributed by atoms with Crippen molar-refractivity contribution in [2.24, 2.45) is 0 Å². The van der Waals surface area contributed by atoms with E-state index >= 15 is 0 Å². The molecule has 0 amide bonds. The van der Waals surface area contributed by atoms with E-state index < -0.39 is 4.92 Å². The molecule has 1 aliphatic rings. The lowest BCUT2D eigenvalue weighted by molar-refractivity contribution is -0.389. The van der Waals surface area contributed by atoms with Crippen molar-refractivity contribution in [3.05, 3.63) is 28.4 Å². The summed E-state index contributed by atoms with van der Waals surface area (Å²) in [5.41, 5.74) is 0. The normalized spacial score (nSPS) is 16.1. The quantitative estimate of drug-likeness (QED) is 0.462. The first-order valence-electron chi connectivity index (χ1n) is 5.86. The molecule has 18 heavy (non-hydrogen) atoms. The number of nitro groups is 1. The minimum absolute atomic E-state index is 0.0813. The summed E-state index contributed by atoms with van der Waals surface area (Å²) in [6.45, 7) is 0.139. The smallest absolute Gasteiger partial charge is 0.363 e. The van der Waals surface area contributed by atoms with Gasteiger partial charge in [0.2, 0.25) is 0 Å². The molecule has 2 rings (SSSR count). The van der Waals surface area contributed by atoms with Crippen LogP contribution >= 0.6 is 0 Å². The Labute approximate surface area is 105 Å². The summed E-state index contributed by atoms with van der Waals surface area (Å²) < 4.78 is 5.69. The molecule has 6 nitrogen and oxygen atoms in total. The van der Waals surface area contributed by atoms with Gasteiger partial charge in [0.1, 0.15) is 0 Å². The first-order chi connectivity index (χ1) is 8.69. The Morgan fingerprint density at radius 3 is 2.72 bits per heavy atom. The van der Waals surface area contributed by atoms with E-state index in [1.807, 2.05) is 0 Å². The maximum Gasteiger partial charge on any atom is 0.363 e. The molecule has 92 valence electrons. The third-order valence-electron chi connectivity index (χ3n) is 3.07. The lowest BCUT2D eigenvalue weighted by atomic mass is 9.42. The summed E-state index contributed by atoms with van der Waals surface area (Å²) in [6, 6.07) is 2.89. The van der Waals surface area contributed by atoms with Crippen LogP contribution in [0.4, 0.5) is 5.82 Å². The van der Waals surface area contributed by atoms with E-state index in [1.54, 1.807) is 6.07 Å². The van der Waals surface area contributed by atoms with Crippen LogP contribution in [0, 0.1) is 21.3 Å². The number of rotatable bonds is 3. The molecule has 1 saturated heterocycles. The van der Waals surface area contributed by atoms with E-state index in [-0.39, 0.29) is 18.6 Å². The van der Waals surface area contributed by atoms with Crippen LogP contribution in [0.5, 0.6) is 5.75 Å². The molecule has 0 unspecified atom stereocenters. The van der Waals surface area contributed by atoms with Gasteiger partial charge in [0, 0.05) is 12.0 Å². The lowest BCUT2D eigenvalue weighted by Crippen LogP contribution is -2.27. The predicted molar refractivity (Wildman–Crippen MR) is 65.5 cm³/mol. The van der Waals surface area contributed by atoms with Crippen LogP contribution in [-0.4, -0.2) is 22.7 Å². The fraction of sp³-hybridized carbons (Fsp3) is 0.455. The zero-order chi connectivity index (χ0) is 13.0. The molecule has 0 spiro atoms. The van der Waals surface area contributed by atoms with Crippen LogP contribution in [0.25, 0.3) is 0 Å². The third kappa shape index (κ3) is 2.97. The van der Waals surface area contributed by atoms with Crippen LogP contribution in [0.3, 0.4) is 0 Å². The second kappa shape index (κ2) is 5.49. The average molecular weight is 245 g/mol. The van der Waals surface area contributed by atoms with Gasteiger partial charge in [0.05, 0.1) is 6.10 Å². The Kier molecular flexibility index (Phi) is 3.77. The van der Waals surface area contributed by atoms with E-state index in [0.29, 0.717) is 5.75 Å². The van der Waals surface area contributed by atoms with Gasteiger partial charge in [-0.3, -0.25) is 0 Å². The molecular weight excluding hydrogens is 233 g/mol. The molecule has 7 heteroatoms. The summed E-state index contributed by atoms with van der Waals surface area (Å²) in [6.07, 6.45) is 4.83. The van der Waals surface area contributed by atoms with Gasteiger partial charge in [0.15, 0.2) is 11.9 Å².